The van der Waals surface area contributed by atoms with Crippen LogP contribution in [0.1, 0.15) is 0 Å². The van der Waals surface area contributed by atoms with Crippen LogP contribution in [0.4, 0.5) is 17.6 Å². The second-order valence-electron chi connectivity index (χ2n) is 1.16. The standard InChI is InChI=1S/C2Cl2F4OS/c3-1(5,6)10(9)2(4,7)8. The molecule has 0 radical (unpaired) electrons. The molecule has 0 bridgehead atoms. The van der Waals surface area contributed by atoms with Crippen LogP contribution in [0.3, 0.4) is 0 Å². The zero-order chi connectivity index (χ0) is 8.58. The highest BCUT2D eigenvalue weighted by Gasteiger charge is 2.50. The third kappa shape index (κ3) is 3.03. The fourth-order valence-electron chi connectivity index (χ4n) is 0.131. The molecule has 0 aromatic rings. The van der Waals surface area contributed by atoms with Gasteiger partial charge in [0.05, 0.1) is 0 Å². The quantitative estimate of drug-likeness (QED) is 0.514. The van der Waals surface area contributed by atoms with Gasteiger partial charge in [-0.05, 0) is 23.2 Å². The maximum Gasteiger partial charge on any atom is 0.405 e. The Morgan fingerprint density at radius 1 is 1.00 bits per heavy atom. The van der Waals surface area contributed by atoms with Gasteiger partial charge in [-0.2, -0.15) is 17.6 Å². The lowest BCUT2D eigenvalue weighted by molar-refractivity contribution is 0.153. The maximum atomic E-state index is 11.5. The van der Waals surface area contributed by atoms with Crippen molar-refractivity contribution in [2.24, 2.45) is 0 Å². The summed E-state index contributed by atoms with van der Waals surface area (Å²) in [6, 6.07) is 0. The summed E-state index contributed by atoms with van der Waals surface area (Å²) in [7, 11) is -3.89. The summed E-state index contributed by atoms with van der Waals surface area (Å²) in [5.41, 5.74) is 0. The van der Waals surface area contributed by atoms with E-state index in [4.69, 9.17) is 0 Å². The molecule has 0 aromatic carbocycles. The lowest BCUT2D eigenvalue weighted by Gasteiger charge is -2.10. The molecule has 0 fully saturated rings. The van der Waals surface area contributed by atoms with E-state index in [0.29, 0.717) is 0 Å². The smallest absolute Gasteiger partial charge is 0.244 e. The molecule has 0 spiro atoms. The first-order valence-corrected chi connectivity index (χ1v) is 3.61. The molecular formula is C2Cl2F4OS. The van der Waals surface area contributed by atoms with E-state index in [2.05, 4.69) is 23.2 Å². The molecule has 62 valence electrons. The zero-order valence-corrected chi connectivity index (χ0v) is 6.41. The van der Waals surface area contributed by atoms with Gasteiger partial charge in [-0.15, -0.1) is 0 Å². The summed E-state index contributed by atoms with van der Waals surface area (Å²) >= 11 is 7.94. The predicted octanol–water partition coefficient (Wildman–Crippen LogP) is 2.31. The Labute approximate surface area is 65.7 Å². The normalized spacial score (nSPS) is 14.3. The van der Waals surface area contributed by atoms with Crippen LogP contribution < -0.4 is 0 Å². The molecule has 0 aliphatic carbocycles. The van der Waals surface area contributed by atoms with Crippen LogP contribution in [0, 0.1) is 0 Å². The number of hydrogen-bond donors (Lipinski definition) is 0. The van der Waals surface area contributed by atoms with Gasteiger partial charge in [-0.1, -0.05) is 0 Å². The highest BCUT2D eigenvalue weighted by Crippen LogP contribution is 2.36. The van der Waals surface area contributed by atoms with Crippen molar-refractivity contribution in [1.29, 1.82) is 0 Å². The Hall–Kier alpha value is 0.450. The van der Waals surface area contributed by atoms with E-state index in [1.165, 1.54) is 0 Å². The molecule has 0 N–H and O–H groups in total. The Morgan fingerprint density at radius 3 is 1.20 bits per heavy atom. The van der Waals surface area contributed by atoms with Crippen LogP contribution in [-0.4, -0.2) is 13.6 Å². The number of halogens is 6. The van der Waals surface area contributed by atoms with Crippen molar-refractivity contribution in [3.8, 4) is 0 Å². The molecule has 0 saturated carbocycles. The van der Waals surface area contributed by atoms with Crippen molar-refractivity contribution in [2.75, 3.05) is 0 Å². The maximum absolute atomic E-state index is 11.5. The van der Waals surface area contributed by atoms with Crippen LogP contribution in [0.15, 0.2) is 0 Å². The minimum absolute atomic E-state index is 3.89. The molecule has 0 atom stereocenters. The Morgan fingerprint density at radius 2 is 1.20 bits per heavy atom. The van der Waals surface area contributed by atoms with E-state index < -0.39 is 20.2 Å². The van der Waals surface area contributed by atoms with E-state index in [-0.39, 0.29) is 0 Å². The van der Waals surface area contributed by atoms with E-state index in [9.17, 15) is 21.8 Å². The van der Waals surface area contributed by atoms with E-state index in [0.717, 1.165) is 0 Å². The SMILES string of the molecule is O=S(C(F)(F)Cl)C(F)(F)Cl. The summed E-state index contributed by atoms with van der Waals surface area (Å²) < 4.78 is 46.9. The largest absolute Gasteiger partial charge is 0.405 e. The summed E-state index contributed by atoms with van der Waals surface area (Å²) in [6.45, 7) is 0. The van der Waals surface area contributed by atoms with Crippen molar-refractivity contribution in [3.05, 3.63) is 0 Å². The summed E-state index contributed by atoms with van der Waals surface area (Å²) in [4.78, 5) is 0. The minimum atomic E-state index is -4.49. The highest BCUT2D eigenvalue weighted by atomic mass is 35.5. The predicted molar refractivity (Wildman–Crippen MR) is 29.7 cm³/mol. The molecule has 0 aliphatic heterocycles. The molecule has 0 heterocycles. The van der Waals surface area contributed by atoms with Crippen molar-refractivity contribution >= 4 is 34.0 Å². The Kier molecular flexibility index (Phi) is 2.95. The average molecular weight is 219 g/mol. The van der Waals surface area contributed by atoms with Gasteiger partial charge >= 0.3 is 9.43 Å². The zero-order valence-electron chi connectivity index (χ0n) is 4.08. The molecule has 8 heteroatoms. The fraction of sp³-hybridized carbons (Fsp3) is 1.00. The van der Waals surface area contributed by atoms with Gasteiger partial charge in [0.2, 0.25) is 0 Å². The van der Waals surface area contributed by atoms with Gasteiger partial charge in [-0.25, -0.2) is 4.21 Å². The molecule has 10 heavy (non-hydrogen) atoms. The van der Waals surface area contributed by atoms with Gasteiger partial charge in [0.1, 0.15) is 0 Å². The van der Waals surface area contributed by atoms with Crippen molar-refractivity contribution in [1.82, 2.24) is 0 Å². The lowest BCUT2D eigenvalue weighted by atomic mass is 11.6. The van der Waals surface area contributed by atoms with Crippen LogP contribution in [-0.2, 0) is 10.8 Å². The first-order chi connectivity index (χ1) is 4.15. The summed E-state index contributed by atoms with van der Waals surface area (Å²) in [5.74, 6) is 0. The van der Waals surface area contributed by atoms with Crippen LogP contribution in [0.2, 0.25) is 0 Å². The van der Waals surface area contributed by atoms with Crippen LogP contribution in [0.5, 0.6) is 0 Å². The van der Waals surface area contributed by atoms with E-state index >= 15 is 0 Å². The molecule has 0 saturated heterocycles. The third-order valence-corrected chi connectivity index (χ3v) is 2.10. The van der Waals surface area contributed by atoms with Gasteiger partial charge < -0.3 is 0 Å². The third-order valence-electron chi connectivity index (χ3n) is 0.420. The number of hydrogen-bond acceptors (Lipinski definition) is 1. The van der Waals surface area contributed by atoms with Crippen LogP contribution >= 0.6 is 23.2 Å². The topological polar surface area (TPSA) is 17.1 Å². The van der Waals surface area contributed by atoms with Crippen molar-refractivity contribution in [3.63, 3.8) is 0 Å². The average Bonchev–Trinajstić information content (AvgIpc) is 1.59. The summed E-state index contributed by atoms with van der Waals surface area (Å²) in [6.07, 6.45) is 0. The fourth-order valence-corrected chi connectivity index (χ4v) is 1.09. The molecule has 0 rings (SSSR count). The molecule has 0 aromatic heterocycles. The van der Waals surface area contributed by atoms with Crippen molar-refractivity contribution < 1.29 is 21.8 Å². The van der Waals surface area contributed by atoms with E-state index in [1.54, 1.807) is 0 Å². The molecule has 0 aliphatic rings. The van der Waals surface area contributed by atoms with Gasteiger partial charge in [0, 0.05) is 0 Å². The van der Waals surface area contributed by atoms with Gasteiger partial charge in [0.15, 0.2) is 10.8 Å². The van der Waals surface area contributed by atoms with Crippen molar-refractivity contribution in [2.45, 2.75) is 9.43 Å². The molecule has 1 nitrogen and oxygen atoms in total. The Balaban J connectivity index is 4.40. The minimum Gasteiger partial charge on any atom is -0.244 e. The monoisotopic (exact) mass is 218 g/mol. The summed E-state index contributed by atoms with van der Waals surface area (Å²) in [5, 5.41) is 0. The number of alkyl halides is 6. The van der Waals surface area contributed by atoms with Gasteiger partial charge in [-0.3, -0.25) is 0 Å². The second-order valence-corrected chi connectivity index (χ2v) is 4.12. The first-order valence-electron chi connectivity index (χ1n) is 1.71. The Bertz CT molecular complexity index is 132. The van der Waals surface area contributed by atoms with Crippen LogP contribution in [0.25, 0.3) is 0 Å². The second kappa shape index (κ2) is 2.83. The molecule has 0 amide bonds. The lowest BCUT2D eigenvalue weighted by Crippen LogP contribution is -2.27. The van der Waals surface area contributed by atoms with Gasteiger partial charge in [0.25, 0.3) is 0 Å². The first kappa shape index (κ1) is 10.4. The molecule has 0 unspecified atom stereocenters. The highest BCUT2D eigenvalue weighted by molar-refractivity contribution is 7.89. The van der Waals surface area contributed by atoms with E-state index in [1.807, 2.05) is 0 Å². The molecular weight excluding hydrogens is 219 g/mol. The number of rotatable bonds is 2.